The van der Waals surface area contributed by atoms with Gasteiger partial charge in [0.25, 0.3) is 5.91 Å². The Morgan fingerprint density at radius 3 is 2.26 bits per heavy atom. The number of likely N-dealkylation sites (tertiary alicyclic amines) is 1. The van der Waals surface area contributed by atoms with Gasteiger partial charge < -0.3 is 35.8 Å². The molecule has 0 spiro atoms. The number of nitrogens with zero attached hydrogens (tertiary/aromatic N) is 1. The number of nitrogens with two attached hydrogens (primary N) is 1. The topological polar surface area (TPSA) is 252 Å². The number of carboxylic acids is 2. The van der Waals surface area contributed by atoms with Crippen LogP contribution in [0.1, 0.15) is 32.6 Å². The van der Waals surface area contributed by atoms with E-state index >= 15 is 0 Å². The number of carbonyl (C=O) groups excluding carboxylic acids is 4. The summed E-state index contributed by atoms with van der Waals surface area (Å²) in [4.78, 5) is 83.0. The highest BCUT2D eigenvalue weighted by Crippen LogP contribution is 2.37. The maximum absolute atomic E-state index is 12.9. The molecule has 1 rings (SSSR count). The molecular formula is C21H32N4O12S. The van der Waals surface area contributed by atoms with Crippen LogP contribution in [0.4, 0.5) is 4.79 Å². The van der Waals surface area contributed by atoms with Crippen LogP contribution in [-0.2, 0) is 38.2 Å². The summed E-state index contributed by atoms with van der Waals surface area (Å²) in [5.74, 6) is -5.42. The van der Waals surface area contributed by atoms with Crippen molar-refractivity contribution in [3.63, 3.8) is 0 Å². The van der Waals surface area contributed by atoms with Crippen molar-refractivity contribution < 1.29 is 58.4 Å². The number of aliphatic carboxylic acids is 2. The van der Waals surface area contributed by atoms with Crippen LogP contribution in [0.3, 0.4) is 0 Å². The first-order valence-corrected chi connectivity index (χ1v) is 12.4. The third-order valence-corrected chi connectivity index (χ3v) is 6.68. The maximum atomic E-state index is 12.9. The summed E-state index contributed by atoms with van der Waals surface area (Å²) in [6.45, 7) is 1.73. The SMILES string of the molecule is CC1(SCC(NC(=O)CCC(N)C(=O)O)C(=O)NC(=O)O)CC(=O)N(CCOCCOCCC(=O)O)C1=O. The standard InChI is InChI=1S/C21H32N4O12S/c1-21(10-15(27)25(19(21)33)5-7-37-9-8-36-6-4-16(28)29)38-11-13(17(30)24-20(34)35)23-14(26)3-2-12(22)18(31)32/h12-13H,2-11,22H2,1H3,(H,23,26)(H,24,30)(H,28,29)(H,31,32)(H,34,35). The number of amides is 5. The zero-order valence-corrected chi connectivity index (χ0v) is 21.5. The molecule has 5 amide bonds. The van der Waals surface area contributed by atoms with E-state index in [4.69, 9.17) is 30.5 Å². The van der Waals surface area contributed by atoms with Crippen molar-refractivity contribution in [3.8, 4) is 0 Å². The van der Waals surface area contributed by atoms with Gasteiger partial charge in [0.15, 0.2) is 0 Å². The lowest BCUT2D eigenvalue weighted by Gasteiger charge is -2.24. The number of nitrogens with one attached hydrogen (secondary N) is 2. The number of rotatable bonds is 18. The monoisotopic (exact) mass is 564 g/mol. The zero-order valence-electron chi connectivity index (χ0n) is 20.7. The molecule has 38 heavy (non-hydrogen) atoms. The molecule has 7 N–H and O–H groups in total. The smallest absolute Gasteiger partial charge is 0.411 e. The predicted molar refractivity (Wildman–Crippen MR) is 129 cm³/mol. The fourth-order valence-electron chi connectivity index (χ4n) is 3.15. The van der Waals surface area contributed by atoms with Crippen LogP contribution in [0.15, 0.2) is 0 Å². The quantitative estimate of drug-likeness (QED) is 0.0795. The maximum Gasteiger partial charge on any atom is 0.411 e. The molecule has 0 bridgehead atoms. The molecular weight excluding hydrogens is 532 g/mol. The highest BCUT2D eigenvalue weighted by Gasteiger charge is 2.49. The largest absolute Gasteiger partial charge is 0.481 e. The molecule has 214 valence electrons. The van der Waals surface area contributed by atoms with E-state index in [2.05, 4.69) is 5.32 Å². The van der Waals surface area contributed by atoms with Crippen molar-refractivity contribution in [1.82, 2.24) is 15.5 Å². The van der Waals surface area contributed by atoms with Gasteiger partial charge in [-0.25, -0.2) is 4.79 Å². The molecule has 0 aromatic rings. The molecule has 1 heterocycles. The van der Waals surface area contributed by atoms with Crippen LogP contribution in [0, 0.1) is 0 Å². The van der Waals surface area contributed by atoms with Gasteiger partial charge in [-0.3, -0.25) is 39.0 Å². The highest BCUT2D eigenvalue weighted by atomic mass is 32.2. The number of imide groups is 2. The number of carbonyl (C=O) groups is 7. The molecule has 0 aromatic carbocycles. The summed E-state index contributed by atoms with van der Waals surface area (Å²) in [7, 11) is 0. The minimum Gasteiger partial charge on any atom is -0.481 e. The fourth-order valence-corrected chi connectivity index (χ4v) is 4.38. The van der Waals surface area contributed by atoms with E-state index in [-0.39, 0.29) is 64.4 Å². The number of thioether (sulfide) groups is 1. The van der Waals surface area contributed by atoms with Gasteiger partial charge >= 0.3 is 18.0 Å². The molecule has 1 fully saturated rings. The van der Waals surface area contributed by atoms with E-state index < -0.39 is 58.5 Å². The summed E-state index contributed by atoms with van der Waals surface area (Å²) < 4.78 is 9.07. The van der Waals surface area contributed by atoms with Crippen molar-refractivity contribution in [2.45, 2.75) is 49.4 Å². The second kappa shape index (κ2) is 15.9. The Labute approximate surface area is 221 Å². The van der Waals surface area contributed by atoms with E-state index in [0.29, 0.717) is 0 Å². The lowest BCUT2D eigenvalue weighted by Crippen LogP contribution is -2.50. The van der Waals surface area contributed by atoms with Gasteiger partial charge in [-0.15, -0.1) is 11.8 Å². The predicted octanol–water partition coefficient (Wildman–Crippen LogP) is -1.78. The molecule has 3 atom stereocenters. The molecule has 3 unspecified atom stereocenters. The highest BCUT2D eigenvalue weighted by molar-refractivity contribution is 8.01. The molecule has 16 nitrogen and oxygen atoms in total. The first-order chi connectivity index (χ1) is 17.8. The van der Waals surface area contributed by atoms with Crippen LogP contribution in [-0.4, -0.2) is 117 Å². The first kappa shape index (κ1) is 32.7. The number of carboxylic acid groups (broad SMARTS) is 3. The lowest BCUT2D eigenvalue weighted by atomic mass is 10.1. The number of ether oxygens (including phenoxy) is 2. The second-order valence-corrected chi connectivity index (χ2v) is 9.86. The van der Waals surface area contributed by atoms with Gasteiger partial charge in [0.05, 0.1) is 45.8 Å². The summed E-state index contributed by atoms with van der Waals surface area (Å²) >= 11 is 0.884. The molecule has 0 aromatic heterocycles. The van der Waals surface area contributed by atoms with Gasteiger partial charge in [-0.1, -0.05) is 0 Å². The molecule has 17 heteroatoms. The minimum absolute atomic E-state index is 0.0126. The molecule has 1 aliphatic rings. The van der Waals surface area contributed by atoms with E-state index in [1.165, 1.54) is 6.92 Å². The Balaban J connectivity index is 2.64. The third kappa shape index (κ3) is 11.4. The third-order valence-electron chi connectivity index (χ3n) is 5.23. The number of hydrogen-bond donors (Lipinski definition) is 6. The average Bonchev–Trinajstić information content (AvgIpc) is 3.03. The van der Waals surface area contributed by atoms with Crippen LogP contribution in [0.5, 0.6) is 0 Å². The Bertz CT molecular complexity index is 917. The van der Waals surface area contributed by atoms with Crippen molar-refractivity contribution in [2.75, 3.05) is 38.7 Å². The summed E-state index contributed by atoms with van der Waals surface area (Å²) in [6.07, 6.45) is -2.58. The van der Waals surface area contributed by atoms with Crippen LogP contribution in [0.2, 0.25) is 0 Å². The normalized spacial score (nSPS) is 18.6. The van der Waals surface area contributed by atoms with E-state index in [1.807, 2.05) is 0 Å². The van der Waals surface area contributed by atoms with Crippen LogP contribution in [0.25, 0.3) is 0 Å². The van der Waals surface area contributed by atoms with Crippen molar-refractivity contribution in [3.05, 3.63) is 0 Å². The first-order valence-electron chi connectivity index (χ1n) is 11.4. The van der Waals surface area contributed by atoms with E-state index in [1.54, 1.807) is 5.32 Å². The molecule has 0 aliphatic carbocycles. The Hall–Kier alpha value is -3.28. The lowest BCUT2D eigenvalue weighted by molar-refractivity contribution is -0.140. The van der Waals surface area contributed by atoms with Gasteiger partial charge in [0.2, 0.25) is 17.7 Å². The Kier molecular flexibility index (Phi) is 13.7. The van der Waals surface area contributed by atoms with Crippen molar-refractivity contribution in [1.29, 1.82) is 0 Å². The van der Waals surface area contributed by atoms with Gasteiger partial charge in [-0.2, -0.15) is 0 Å². The van der Waals surface area contributed by atoms with Crippen molar-refractivity contribution >= 4 is 53.4 Å². The zero-order chi connectivity index (χ0) is 28.9. The minimum atomic E-state index is -1.66. The van der Waals surface area contributed by atoms with Crippen LogP contribution < -0.4 is 16.4 Å². The molecule has 1 aliphatic heterocycles. The number of hydrogen-bond acceptors (Lipinski definition) is 11. The van der Waals surface area contributed by atoms with Crippen LogP contribution >= 0.6 is 11.8 Å². The molecule has 1 saturated heterocycles. The van der Waals surface area contributed by atoms with E-state index in [9.17, 15) is 33.6 Å². The summed E-state index contributed by atoms with van der Waals surface area (Å²) in [5.41, 5.74) is 5.35. The molecule has 0 radical (unpaired) electrons. The van der Waals surface area contributed by atoms with Gasteiger partial charge in [-0.05, 0) is 13.3 Å². The van der Waals surface area contributed by atoms with Gasteiger partial charge in [0, 0.05) is 12.2 Å². The van der Waals surface area contributed by atoms with E-state index in [0.717, 1.165) is 16.7 Å². The summed E-state index contributed by atoms with van der Waals surface area (Å²) in [5, 5.41) is 30.1. The second-order valence-electron chi connectivity index (χ2n) is 8.34. The average molecular weight is 565 g/mol. The Morgan fingerprint density at radius 1 is 1.05 bits per heavy atom. The summed E-state index contributed by atoms with van der Waals surface area (Å²) in [6, 6.07) is -2.70. The fraction of sp³-hybridized carbons (Fsp3) is 0.667. The van der Waals surface area contributed by atoms with Gasteiger partial charge in [0.1, 0.15) is 16.8 Å². The van der Waals surface area contributed by atoms with Crippen molar-refractivity contribution in [2.24, 2.45) is 5.73 Å². The molecule has 0 saturated carbocycles. The Morgan fingerprint density at radius 2 is 1.68 bits per heavy atom.